The number of phosphoric ester groups is 1. The Hall–Kier alpha value is -2.66. The van der Waals surface area contributed by atoms with Gasteiger partial charge in [0.1, 0.15) is 30.4 Å². The van der Waals surface area contributed by atoms with Crippen molar-refractivity contribution in [2.24, 2.45) is 33.6 Å². The van der Waals surface area contributed by atoms with E-state index in [0.29, 0.717) is 18.9 Å². The minimum Gasteiger partial charge on any atom is -0.485 e. The fourth-order valence-electron chi connectivity index (χ4n) is 8.83. The monoisotopic (exact) mass is 658 g/mol. The largest absolute Gasteiger partial charge is 0.485 e. The van der Waals surface area contributed by atoms with E-state index in [2.05, 4.69) is 34.7 Å². The summed E-state index contributed by atoms with van der Waals surface area (Å²) < 4.78 is 21.2. The molecule has 46 heavy (non-hydrogen) atoms. The van der Waals surface area contributed by atoms with Crippen LogP contribution >= 0.6 is 7.82 Å². The summed E-state index contributed by atoms with van der Waals surface area (Å²) in [5.41, 5.74) is -0.895. The quantitative estimate of drug-likeness (QED) is 0.258. The van der Waals surface area contributed by atoms with Gasteiger partial charge in [0, 0.05) is 23.3 Å². The molecule has 5 aliphatic rings. The summed E-state index contributed by atoms with van der Waals surface area (Å²) in [7, 11) is -4.84. The van der Waals surface area contributed by atoms with Crippen LogP contribution in [0.1, 0.15) is 71.3 Å². The third kappa shape index (κ3) is 6.55. The second-order valence-electron chi connectivity index (χ2n) is 14.0. The number of nitrogens with zero attached hydrogens (tertiary/aromatic N) is 1. The number of hydrogen-bond donors (Lipinski definition) is 5. The topological polar surface area (TPSA) is 175 Å². The molecule has 0 radical (unpaired) electrons. The number of carbonyl (C=O) groups is 2. The molecule has 0 spiro atoms. The Labute approximate surface area is 270 Å². The van der Waals surface area contributed by atoms with Crippen molar-refractivity contribution in [1.29, 1.82) is 0 Å². The summed E-state index contributed by atoms with van der Waals surface area (Å²) >= 11 is 0. The second-order valence-corrected chi connectivity index (χ2v) is 15.3. The van der Waals surface area contributed by atoms with Crippen molar-refractivity contribution in [2.45, 2.75) is 77.4 Å². The van der Waals surface area contributed by atoms with E-state index in [4.69, 9.17) is 14.5 Å². The van der Waals surface area contributed by atoms with Crippen LogP contribution in [0.5, 0.6) is 5.75 Å². The minimum atomic E-state index is -4.84. The number of hydrogen-bond acceptors (Lipinski definition) is 9. The number of aliphatic hydroxyl groups is 2. The van der Waals surface area contributed by atoms with Gasteiger partial charge in [-0.3, -0.25) is 19.1 Å². The lowest BCUT2D eigenvalue weighted by Crippen LogP contribution is -2.61. The van der Waals surface area contributed by atoms with E-state index in [-0.39, 0.29) is 36.4 Å². The average molecular weight is 659 g/mol. The zero-order chi connectivity index (χ0) is 33.5. The summed E-state index contributed by atoms with van der Waals surface area (Å²) in [5, 5.41) is 25.8. The van der Waals surface area contributed by atoms with Crippen molar-refractivity contribution in [3.05, 3.63) is 53.6 Å². The number of amidine groups is 1. The maximum absolute atomic E-state index is 12.8. The molecule has 0 aromatic heterocycles. The number of ether oxygens (including phenoxy) is 1. The summed E-state index contributed by atoms with van der Waals surface area (Å²) in [6, 6.07) is 8.19. The van der Waals surface area contributed by atoms with Gasteiger partial charge in [-0.2, -0.15) is 0 Å². The molecule has 3 saturated carbocycles. The highest BCUT2D eigenvalue weighted by molar-refractivity contribution is 7.46. The molecular weight excluding hydrogens is 611 g/mol. The van der Waals surface area contributed by atoms with Crippen molar-refractivity contribution in [3.63, 3.8) is 0 Å². The molecule has 6 rings (SSSR count). The maximum Gasteiger partial charge on any atom is 0.470 e. The molecule has 1 heterocycles. The molecule has 1 aliphatic heterocycles. The van der Waals surface area contributed by atoms with E-state index in [9.17, 15) is 24.4 Å². The summed E-state index contributed by atoms with van der Waals surface area (Å²) in [6.07, 6.45) is 6.76. The Balaban J connectivity index is 0.000000219. The highest BCUT2D eigenvalue weighted by atomic mass is 31.2. The van der Waals surface area contributed by atoms with Crippen molar-refractivity contribution >= 4 is 25.2 Å². The average Bonchev–Trinajstić information content (AvgIpc) is 3.61. The maximum atomic E-state index is 12.8. The molecule has 7 atom stereocenters. The van der Waals surface area contributed by atoms with Gasteiger partial charge in [-0.1, -0.05) is 57.5 Å². The molecule has 5 N–H and O–H groups in total. The lowest BCUT2D eigenvalue weighted by Gasteiger charge is -2.59. The molecular formula is C34H47N2O9P. The van der Waals surface area contributed by atoms with Crippen LogP contribution in [0.4, 0.5) is 0 Å². The van der Waals surface area contributed by atoms with Crippen molar-refractivity contribution < 1.29 is 43.4 Å². The highest BCUT2D eigenvalue weighted by Crippen LogP contribution is 2.67. The first-order valence-electron chi connectivity index (χ1n) is 16.2. The zero-order valence-electron chi connectivity index (χ0n) is 27.0. The van der Waals surface area contributed by atoms with Crippen LogP contribution in [0.2, 0.25) is 0 Å². The SMILES string of the molecule is CC(C)c1ccccc1OCC1=NCCN1.CC12C=CC(=O)C=C1CCC1C2C(O)CC2(C)C1CCC2(O)C(=O)COP(=O)(O)O. The molecule has 12 heteroatoms. The highest BCUT2D eigenvalue weighted by Gasteiger charge is 2.68. The first-order chi connectivity index (χ1) is 21.6. The Morgan fingerprint density at radius 3 is 2.61 bits per heavy atom. The molecule has 3 fully saturated rings. The van der Waals surface area contributed by atoms with E-state index in [1.807, 2.05) is 31.2 Å². The molecule has 1 aromatic carbocycles. The third-order valence-corrected chi connectivity index (χ3v) is 11.6. The molecule has 252 valence electrons. The van der Waals surface area contributed by atoms with Crippen molar-refractivity contribution in [1.82, 2.24) is 5.32 Å². The Morgan fingerprint density at radius 1 is 1.20 bits per heavy atom. The van der Waals surface area contributed by atoms with E-state index in [1.54, 1.807) is 19.1 Å². The predicted molar refractivity (Wildman–Crippen MR) is 172 cm³/mol. The predicted octanol–water partition coefficient (Wildman–Crippen LogP) is 3.87. The normalized spacial score (nSPS) is 34.8. The first kappa shape index (κ1) is 34.7. The number of allylic oxidation sites excluding steroid dienone is 4. The zero-order valence-corrected chi connectivity index (χ0v) is 27.9. The number of aliphatic imine (C=N–C) groups is 1. The fourth-order valence-corrected chi connectivity index (χ4v) is 9.11. The van der Waals surface area contributed by atoms with Crippen LogP contribution in [-0.2, 0) is 18.7 Å². The van der Waals surface area contributed by atoms with Gasteiger partial charge in [0.25, 0.3) is 0 Å². The van der Waals surface area contributed by atoms with Crippen molar-refractivity contribution in [3.8, 4) is 5.75 Å². The van der Waals surface area contributed by atoms with Crippen LogP contribution in [0.15, 0.2) is 53.1 Å². The van der Waals surface area contributed by atoms with E-state index in [0.717, 1.165) is 43.1 Å². The number of benzene rings is 1. The van der Waals surface area contributed by atoms with E-state index in [1.165, 1.54) is 5.56 Å². The number of phosphoric acid groups is 1. The molecule has 0 saturated heterocycles. The van der Waals surface area contributed by atoms with Gasteiger partial charge in [-0.05, 0) is 73.6 Å². The lowest BCUT2D eigenvalue weighted by atomic mass is 9.46. The Morgan fingerprint density at radius 2 is 1.93 bits per heavy atom. The van der Waals surface area contributed by atoms with Gasteiger partial charge >= 0.3 is 7.82 Å². The number of fused-ring (bicyclic) bond motifs is 5. The third-order valence-electron chi connectivity index (χ3n) is 11.1. The number of para-hydroxylation sites is 1. The van der Waals surface area contributed by atoms with E-state index < -0.39 is 42.7 Å². The minimum absolute atomic E-state index is 0.0284. The van der Waals surface area contributed by atoms with Gasteiger partial charge in [-0.15, -0.1) is 0 Å². The lowest BCUT2D eigenvalue weighted by molar-refractivity contribution is -0.178. The standard InChI is InChI=1S/C21H29O8P.C13H18N2O/c1-19-7-5-13(22)9-12(19)3-4-14-15-6-8-21(25,17(24)11-29-30(26,27)28)20(15,2)10-16(23)18(14)19;1-10(2)11-5-3-4-6-12(11)16-9-13-14-7-8-15-13/h5,7,9,14-16,18,23,25H,3-4,6,8,10-11H2,1-2H3,(H2,26,27,28);3-6,10H,7-9H2,1-2H3,(H,14,15). The molecule has 7 unspecified atom stereocenters. The summed E-state index contributed by atoms with van der Waals surface area (Å²) in [5.74, 6) is 1.52. The number of rotatable bonds is 8. The van der Waals surface area contributed by atoms with Gasteiger partial charge < -0.3 is 30.1 Å². The van der Waals surface area contributed by atoms with Gasteiger partial charge in [0.2, 0.25) is 0 Å². The summed E-state index contributed by atoms with van der Waals surface area (Å²) in [4.78, 5) is 46.8. The number of Topliss-reactive ketones (excluding diaryl/α,β-unsaturated/α-hetero) is 1. The first-order valence-corrected chi connectivity index (χ1v) is 17.7. The summed E-state index contributed by atoms with van der Waals surface area (Å²) in [6.45, 7) is 9.67. The van der Waals surface area contributed by atoms with Crippen LogP contribution in [0.3, 0.4) is 0 Å². The van der Waals surface area contributed by atoms with Crippen LogP contribution in [0.25, 0.3) is 0 Å². The van der Waals surface area contributed by atoms with E-state index >= 15 is 0 Å². The van der Waals surface area contributed by atoms with Gasteiger partial charge in [0.15, 0.2) is 11.6 Å². The Kier molecular flexibility index (Phi) is 9.87. The number of aliphatic hydroxyl groups excluding tert-OH is 1. The van der Waals surface area contributed by atoms with Crippen LogP contribution in [-0.4, -0.2) is 75.4 Å². The number of nitrogens with one attached hydrogen (secondary N) is 1. The molecule has 4 aliphatic carbocycles. The van der Waals surface area contributed by atoms with Crippen molar-refractivity contribution in [2.75, 3.05) is 26.3 Å². The molecule has 0 bridgehead atoms. The second kappa shape index (κ2) is 13.1. The fraction of sp³-hybridized carbons (Fsp3) is 0.618. The molecule has 0 amide bonds. The number of ketones is 2. The molecule has 11 nitrogen and oxygen atoms in total. The molecule has 1 aromatic rings. The van der Waals surface area contributed by atoms with Crippen LogP contribution in [0, 0.1) is 28.6 Å². The number of carbonyl (C=O) groups excluding carboxylic acids is 2. The van der Waals surface area contributed by atoms with Gasteiger partial charge in [0.05, 0.1) is 12.6 Å². The van der Waals surface area contributed by atoms with Gasteiger partial charge in [-0.25, -0.2) is 4.57 Å². The Bertz CT molecular complexity index is 1480. The smallest absolute Gasteiger partial charge is 0.470 e. The van der Waals surface area contributed by atoms with Crippen LogP contribution < -0.4 is 10.1 Å².